The lowest BCUT2D eigenvalue weighted by molar-refractivity contribution is -0.122. The summed E-state index contributed by atoms with van der Waals surface area (Å²) in [7, 11) is 3.11. The summed E-state index contributed by atoms with van der Waals surface area (Å²) < 4.78 is 11.6. The van der Waals surface area contributed by atoms with Crippen molar-refractivity contribution in [2.45, 2.75) is 6.42 Å². The highest BCUT2D eigenvalue weighted by atomic mass is 32.1. The smallest absolute Gasteiger partial charge is 0.231 e. The minimum Gasteiger partial charge on any atom is -0.497 e. The predicted octanol–water partition coefficient (Wildman–Crippen LogP) is 3.31. The van der Waals surface area contributed by atoms with Crippen molar-refractivity contribution in [2.75, 3.05) is 31.0 Å². The first-order chi connectivity index (χ1) is 13.6. The van der Waals surface area contributed by atoms with Crippen LogP contribution in [0.3, 0.4) is 0 Å². The number of nitrogens with one attached hydrogen (secondary N) is 1. The topological polar surface area (TPSA) is 80.8 Å². The summed E-state index contributed by atoms with van der Waals surface area (Å²) in [4.78, 5) is 31.3. The number of thiazole rings is 1. The highest BCUT2D eigenvalue weighted by Gasteiger charge is 2.36. The normalized spacial score (nSPS) is 16.4. The number of ether oxygens (including phenoxy) is 2. The van der Waals surface area contributed by atoms with Crippen molar-refractivity contribution >= 4 is 44.2 Å². The number of para-hydroxylation sites is 1. The Kier molecular flexibility index (Phi) is 4.87. The van der Waals surface area contributed by atoms with Gasteiger partial charge in [-0.25, -0.2) is 4.98 Å². The Balaban J connectivity index is 1.50. The number of aromatic nitrogens is 1. The van der Waals surface area contributed by atoms with E-state index in [0.29, 0.717) is 22.3 Å². The van der Waals surface area contributed by atoms with Crippen LogP contribution in [0.4, 0.5) is 10.8 Å². The van der Waals surface area contributed by atoms with Gasteiger partial charge in [0, 0.05) is 19.0 Å². The number of hydrogen-bond acceptors (Lipinski definition) is 6. The molecule has 4 rings (SSSR count). The van der Waals surface area contributed by atoms with Gasteiger partial charge in [-0.3, -0.25) is 9.59 Å². The Bertz CT molecular complexity index is 1020. The highest BCUT2D eigenvalue weighted by molar-refractivity contribution is 7.22. The lowest BCUT2D eigenvalue weighted by Crippen LogP contribution is -2.28. The molecule has 0 spiro atoms. The molecule has 0 radical (unpaired) electrons. The molecule has 0 bridgehead atoms. The second-order valence-corrected chi connectivity index (χ2v) is 7.45. The molecule has 1 fully saturated rings. The Hall–Kier alpha value is -3.13. The van der Waals surface area contributed by atoms with Gasteiger partial charge >= 0.3 is 0 Å². The largest absolute Gasteiger partial charge is 0.497 e. The fourth-order valence-electron chi connectivity index (χ4n) is 3.26. The molecule has 2 aromatic carbocycles. The fraction of sp³-hybridized carbons (Fsp3) is 0.250. The molecule has 1 atom stereocenters. The molecule has 7 nitrogen and oxygen atoms in total. The molecule has 2 heterocycles. The maximum Gasteiger partial charge on any atom is 0.231 e. The second-order valence-electron chi connectivity index (χ2n) is 6.42. The molecular weight excluding hydrogens is 378 g/mol. The molecule has 0 unspecified atom stereocenters. The van der Waals surface area contributed by atoms with Crippen molar-refractivity contribution in [3.05, 3.63) is 42.5 Å². The number of anilines is 2. The molecule has 1 N–H and O–H groups in total. The molecule has 1 aliphatic heterocycles. The lowest BCUT2D eigenvalue weighted by atomic mass is 10.1. The number of fused-ring (bicyclic) bond motifs is 1. The molecule has 0 saturated carbocycles. The average Bonchev–Trinajstić information content (AvgIpc) is 3.30. The third kappa shape index (κ3) is 3.38. The van der Waals surface area contributed by atoms with Crippen LogP contribution < -0.4 is 19.7 Å². The zero-order valence-corrected chi connectivity index (χ0v) is 16.3. The standard InChI is InChI=1S/C20H19N3O4S/c1-26-13-7-8-15(16(10-13)27-2)23-11-12(9-18(23)24)19(25)22-20-21-14-5-3-4-6-17(14)28-20/h3-8,10,12H,9,11H2,1-2H3,(H,21,22,25)/t12-/m1/s1. The number of nitrogens with zero attached hydrogens (tertiary/aromatic N) is 2. The van der Waals surface area contributed by atoms with E-state index in [0.717, 1.165) is 10.2 Å². The van der Waals surface area contributed by atoms with Gasteiger partial charge in [0.1, 0.15) is 11.5 Å². The van der Waals surface area contributed by atoms with Crippen molar-refractivity contribution in [3.63, 3.8) is 0 Å². The molecule has 28 heavy (non-hydrogen) atoms. The van der Waals surface area contributed by atoms with Gasteiger partial charge in [-0.2, -0.15) is 0 Å². The number of carbonyl (C=O) groups excluding carboxylic acids is 2. The van der Waals surface area contributed by atoms with Crippen molar-refractivity contribution in [3.8, 4) is 11.5 Å². The van der Waals surface area contributed by atoms with Crippen LogP contribution in [0.5, 0.6) is 11.5 Å². The van der Waals surface area contributed by atoms with Crippen molar-refractivity contribution in [1.82, 2.24) is 4.98 Å². The first kappa shape index (κ1) is 18.2. The van der Waals surface area contributed by atoms with E-state index in [4.69, 9.17) is 9.47 Å². The third-order valence-corrected chi connectivity index (χ3v) is 5.65. The average molecular weight is 397 g/mol. The van der Waals surface area contributed by atoms with Crippen LogP contribution in [0, 0.1) is 5.92 Å². The van der Waals surface area contributed by atoms with Gasteiger partial charge in [0.2, 0.25) is 11.8 Å². The summed E-state index contributed by atoms with van der Waals surface area (Å²) in [5, 5.41) is 3.39. The van der Waals surface area contributed by atoms with Gasteiger partial charge in [-0.1, -0.05) is 23.5 Å². The molecule has 1 aromatic heterocycles. The number of methoxy groups -OCH3 is 2. The van der Waals surface area contributed by atoms with E-state index >= 15 is 0 Å². The maximum atomic E-state index is 12.7. The first-order valence-electron chi connectivity index (χ1n) is 8.78. The van der Waals surface area contributed by atoms with E-state index in [-0.39, 0.29) is 24.8 Å². The lowest BCUT2D eigenvalue weighted by Gasteiger charge is -2.20. The number of hydrogen-bond donors (Lipinski definition) is 1. The Labute approximate surface area is 165 Å². The highest BCUT2D eigenvalue weighted by Crippen LogP contribution is 2.36. The van der Waals surface area contributed by atoms with Crippen LogP contribution in [-0.2, 0) is 9.59 Å². The predicted molar refractivity (Wildman–Crippen MR) is 108 cm³/mol. The number of rotatable bonds is 5. The van der Waals surface area contributed by atoms with Gasteiger partial charge in [0.05, 0.1) is 36.0 Å². The minimum atomic E-state index is -0.452. The Morgan fingerprint density at radius 1 is 1.21 bits per heavy atom. The molecule has 3 aromatic rings. The summed E-state index contributed by atoms with van der Waals surface area (Å²) in [6.45, 7) is 0.290. The van der Waals surface area contributed by atoms with Gasteiger partial charge in [-0.05, 0) is 24.3 Å². The molecule has 0 aliphatic carbocycles. The third-order valence-electron chi connectivity index (χ3n) is 4.70. The van der Waals surface area contributed by atoms with Crippen molar-refractivity contribution in [1.29, 1.82) is 0 Å². The van der Waals surface area contributed by atoms with Crippen LogP contribution >= 0.6 is 11.3 Å². The van der Waals surface area contributed by atoms with Crippen LogP contribution in [0.25, 0.3) is 10.2 Å². The molecular formula is C20H19N3O4S. The van der Waals surface area contributed by atoms with E-state index in [1.165, 1.54) is 18.4 Å². The van der Waals surface area contributed by atoms with E-state index in [9.17, 15) is 9.59 Å². The number of carbonyl (C=O) groups is 2. The molecule has 2 amide bonds. The van der Waals surface area contributed by atoms with E-state index in [2.05, 4.69) is 10.3 Å². The van der Waals surface area contributed by atoms with Crippen LogP contribution in [-0.4, -0.2) is 37.6 Å². The van der Waals surface area contributed by atoms with Gasteiger partial charge in [0.15, 0.2) is 5.13 Å². The summed E-state index contributed by atoms with van der Waals surface area (Å²) in [5.74, 6) is 0.388. The minimum absolute atomic E-state index is 0.118. The van der Waals surface area contributed by atoms with Crippen LogP contribution in [0.1, 0.15) is 6.42 Å². The first-order valence-corrected chi connectivity index (χ1v) is 9.59. The zero-order chi connectivity index (χ0) is 19.7. The summed E-state index contributed by atoms with van der Waals surface area (Å²) in [5.41, 5.74) is 1.47. The second kappa shape index (κ2) is 7.47. The number of benzene rings is 2. The molecule has 1 saturated heterocycles. The SMILES string of the molecule is COc1ccc(N2C[C@H](C(=O)Nc3nc4ccccc4s3)CC2=O)c(OC)c1. The Morgan fingerprint density at radius 2 is 2.04 bits per heavy atom. The summed E-state index contributed by atoms with van der Waals surface area (Å²) in [6, 6.07) is 12.9. The van der Waals surface area contributed by atoms with Crippen molar-refractivity contribution < 1.29 is 19.1 Å². The van der Waals surface area contributed by atoms with Gasteiger partial charge in [0.25, 0.3) is 0 Å². The quantitative estimate of drug-likeness (QED) is 0.714. The molecule has 1 aliphatic rings. The maximum absolute atomic E-state index is 12.7. The Morgan fingerprint density at radius 3 is 2.79 bits per heavy atom. The molecule has 8 heteroatoms. The number of amides is 2. The zero-order valence-electron chi connectivity index (χ0n) is 15.5. The van der Waals surface area contributed by atoms with E-state index < -0.39 is 5.92 Å². The van der Waals surface area contributed by atoms with Crippen LogP contribution in [0.2, 0.25) is 0 Å². The van der Waals surface area contributed by atoms with Crippen LogP contribution in [0.15, 0.2) is 42.5 Å². The van der Waals surface area contributed by atoms with Crippen molar-refractivity contribution in [2.24, 2.45) is 5.92 Å². The van der Waals surface area contributed by atoms with E-state index in [1.807, 2.05) is 24.3 Å². The molecule has 144 valence electrons. The van der Waals surface area contributed by atoms with E-state index in [1.54, 1.807) is 30.2 Å². The fourth-order valence-corrected chi connectivity index (χ4v) is 4.13. The summed E-state index contributed by atoms with van der Waals surface area (Å²) in [6.07, 6.45) is 0.145. The monoisotopic (exact) mass is 397 g/mol. The summed E-state index contributed by atoms with van der Waals surface area (Å²) >= 11 is 1.42. The van der Waals surface area contributed by atoms with Gasteiger partial charge in [-0.15, -0.1) is 0 Å². The van der Waals surface area contributed by atoms with Gasteiger partial charge < -0.3 is 19.7 Å².